The van der Waals surface area contributed by atoms with Gasteiger partial charge >= 0.3 is 0 Å². The first kappa shape index (κ1) is 22.7. The molecule has 0 unspecified atom stereocenters. The van der Waals surface area contributed by atoms with Gasteiger partial charge in [0, 0.05) is 51.8 Å². The van der Waals surface area contributed by atoms with Gasteiger partial charge in [-0.05, 0) is 55.9 Å². The van der Waals surface area contributed by atoms with Crippen LogP contribution in [0, 0.1) is 0 Å². The average Bonchev–Trinajstić information content (AvgIpc) is 3.19. The van der Waals surface area contributed by atoms with Crippen LogP contribution in [0.1, 0.15) is 57.4 Å². The molecule has 1 saturated heterocycles. The Hall–Kier alpha value is -1.93. The van der Waals surface area contributed by atoms with Crippen molar-refractivity contribution in [2.24, 2.45) is 0 Å². The normalized spacial score (nSPS) is 16.8. The number of hydrogen-bond acceptors (Lipinski definition) is 4. The third-order valence-electron chi connectivity index (χ3n) is 6.04. The maximum atomic E-state index is 12.8. The summed E-state index contributed by atoms with van der Waals surface area (Å²) in [6.07, 6.45) is 6.05. The molecule has 166 valence electrons. The van der Waals surface area contributed by atoms with Gasteiger partial charge in [-0.1, -0.05) is 13.3 Å². The molecule has 0 aromatic heterocycles. The maximum absolute atomic E-state index is 12.8. The molecule has 0 saturated carbocycles. The number of sulfonamides is 1. The minimum absolute atomic E-state index is 0.0547. The second-order valence-electron chi connectivity index (χ2n) is 8.21. The minimum Gasteiger partial charge on any atom is -0.343 e. The van der Waals surface area contributed by atoms with Crippen LogP contribution in [0.3, 0.4) is 0 Å². The average molecular weight is 436 g/mol. The Labute approximate surface area is 180 Å². The van der Waals surface area contributed by atoms with E-state index < -0.39 is 10.0 Å². The second-order valence-corrected chi connectivity index (χ2v) is 10.3. The monoisotopic (exact) mass is 435 g/mol. The minimum atomic E-state index is -3.52. The SMILES string of the molecule is CCCCN(C)S(=O)(=O)c1ccc2c(c1)CCN2C(=O)CCC(=O)N1CCCCC1. The van der Waals surface area contributed by atoms with E-state index in [4.69, 9.17) is 0 Å². The van der Waals surface area contributed by atoms with Gasteiger partial charge in [-0.25, -0.2) is 12.7 Å². The summed E-state index contributed by atoms with van der Waals surface area (Å²) in [6.45, 7) is 4.64. The Kier molecular flexibility index (Phi) is 7.52. The zero-order chi connectivity index (χ0) is 21.7. The number of benzene rings is 1. The van der Waals surface area contributed by atoms with Gasteiger partial charge in [-0.15, -0.1) is 0 Å². The zero-order valence-electron chi connectivity index (χ0n) is 18.1. The highest BCUT2D eigenvalue weighted by atomic mass is 32.2. The summed E-state index contributed by atoms with van der Waals surface area (Å²) in [5, 5.41) is 0. The quantitative estimate of drug-likeness (QED) is 0.629. The van der Waals surface area contributed by atoms with Crippen LogP contribution in [0.4, 0.5) is 5.69 Å². The molecule has 0 radical (unpaired) electrons. The molecule has 1 aromatic carbocycles. The van der Waals surface area contributed by atoms with Crippen LogP contribution < -0.4 is 4.90 Å². The molecule has 2 aliphatic heterocycles. The molecule has 0 spiro atoms. The summed E-state index contributed by atoms with van der Waals surface area (Å²) < 4.78 is 27.0. The largest absolute Gasteiger partial charge is 0.343 e. The molecule has 2 amide bonds. The predicted molar refractivity (Wildman–Crippen MR) is 117 cm³/mol. The third-order valence-corrected chi connectivity index (χ3v) is 7.90. The molecule has 3 rings (SSSR count). The third kappa shape index (κ3) is 5.03. The van der Waals surface area contributed by atoms with Gasteiger partial charge in [0.25, 0.3) is 0 Å². The van der Waals surface area contributed by atoms with E-state index in [2.05, 4.69) is 0 Å². The lowest BCUT2D eigenvalue weighted by Gasteiger charge is -2.27. The number of piperidine rings is 1. The Bertz CT molecular complexity index is 878. The van der Waals surface area contributed by atoms with Crippen LogP contribution in [0.5, 0.6) is 0 Å². The topological polar surface area (TPSA) is 78.0 Å². The summed E-state index contributed by atoms with van der Waals surface area (Å²) in [5.41, 5.74) is 1.64. The van der Waals surface area contributed by atoms with Crippen LogP contribution in [-0.4, -0.2) is 62.7 Å². The molecule has 7 nitrogen and oxygen atoms in total. The fraction of sp³-hybridized carbons (Fsp3) is 0.636. The second kappa shape index (κ2) is 9.92. The highest BCUT2D eigenvalue weighted by molar-refractivity contribution is 7.89. The van der Waals surface area contributed by atoms with Gasteiger partial charge < -0.3 is 9.80 Å². The van der Waals surface area contributed by atoms with Crippen LogP contribution in [0.2, 0.25) is 0 Å². The van der Waals surface area contributed by atoms with Crippen molar-refractivity contribution in [3.8, 4) is 0 Å². The molecule has 2 aliphatic rings. The number of rotatable bonds is 8. The van der Waals surface area contributed by atoms with Crippen LogP contribution >= 0.6 is 0 Å². The number of amides is 2. The van der Waals surface area contributed by atoms with E-state index >= 15 is 0 Å². The first-order valence-electron chi connectivity index (χ1n) is 11.0. The summed E-state index contributed by atoms with van der Waals surface area (Å²) in [7, 11) is -1.92. The summed E-state index contributed by atoms with van der Waals surface area (Å²) >= 11 is 0. The van der Waals surface area contributed by atoms with E-state index in [1.165, 1.54) is 10.7 Å². The Morgan fingerprint density at radius 1 is 1.03 bits per heavy atom. The molecule has 0 aliphatic carbocycles. The predicted octanol–water partition coefficient (Wildman–Crippen LogP) is 2.79. The molecule has 2 heterocycles. The van der Waals surface area contributed by atoms with Crippen molar-refractivity contribution in [3.63, 3.8) is 0 Å². The van der Waals surface area contributed by atoms with Crippen LogP contribution in [0.15, 0.2) is 23.1 Å². The molecule has 1 fully saturated rings. The molecule has 1 aromatic rings. The molecule has 30 heavy (non-hydrogen) atoms. The number of anilines is 1. The number of carbonyl (C=O) groups excluding carboxylic acids is 2. The summed E-state index contributed by atoms with van der Waals surface area (Å²) in [6, 6.07) is 5.01. The van der Waals surface area contributed by atoms with Gasteiger partial charge in [0.15, 0.2) is 0 Å². The first-order chi connectivity index (χ1) is 14.3. The molecular weight excluding hydrogens is 402 g/mol. The lowest BCUT2D eigenvalue weighted by atomic mass is 10.1. The van der Waals surface area contributed by atoms with Crippen molar-refractivity contribution in [1.82, 2.24) is 9.21 Å². The van der Waals surface area contributed by atoms with Gasteiger partial charge in [0.05, 0.1) is 4.90 Å². The number of hydrogen-bond donors (Lipinski definition) is 0. The molecule has 0 N–H and O–H groups in total. The van der Waals surface area contributed by atoms with Crippen LogP contribution in [-0.2, 0) is 26.0 Å². The number of likely N-dealkylation sites (tertiary alicyclic amines) is 1. The fourth-order valence-electron chi connectivity index (χ4n) is 4.13. The van der Waals surface area contributed by atoms with E-state index in [1.807, 2.05) is 11.8 Å². The van der Waals surface area contributed by atoms with Crippen molar-refractivity contribution in [2.75, 3.05) is 38.1 Å². The van der Waals surface area contributed by atoms with Gasteiger partial charge in [0.1, 0.15) is 0 Å². The van der Waals surface area contributed by atoms with E-state index in [-0.39, 0.29) is 29.6 Å². The van der Waals surface area contributed by atoms with Crippen LogP contribution in [0.25, 0.3) is 0 Å². The fourth-order valence-corrected chi connectivity index (χ4v) is 5.39. The zero-order valence-corrected chi connectivity index (χ0v) is 18.9. The van der Waals surface area contributed by atoms with E-state index in [0.29, 0.717) is 19.5 Å². The smallest absolute Gasteiger partial charge is 0.242 e. The lowest BCUT2D eigenvalue weighted by Crippen LogP contribution is -2.37. The van der Waals surface area contributed by atoms with Crippen molar-refractivity contribution in [1.29, 1.82) is 0 Å². The van der Waals surface area contributed by atoms with Crippen molar-refractivity contribution >= 4 is 27.5 Å². The highest BCUT2D eigenvalue weighted by Gasteiger charge is 2.28. The van der Waals surface area contributed by atoms with E-state index in [1.54, 1.807) is 30.1 Å². The maximum Gasteiger partial charge on any atom is 0.242 e. The van der Waals surface area contributed by atoms with E-state index in [9.17, 15) is 18.0 Å². The van der Waals surface area contributed by atoms with Crippen molar-refractivity contribution < 1.29 is 18.0 Å². The Morgan fingerprint density at radius 3 is 2.43 bits per heavy atom. The molecule has 8 heteroatoms. The highest BCUT2D eigenvalue weighted by Crippen LogP contribution is 2.31. The van der Waals surface area contributed by atoms with Gasteiger partial charge in [-0.2, -0.15) is 0 Å². The van der Waals surface area contributed by atoms with Gasteiger partial charge in [-0.3, -0.25) is 9.59 Å². The number of nitrogens with zero attached hydrogens (tertiary/aromatic N) is 3. The van der Waals surface area contributed by atoms with Crippen molar-refractivity contribution in [3.05, 3.63) is 23.8 Å². The molecule has 0 atom stereocenters. The standard InChI is InChI=1S/C22H33N3O4S/c1-3-4-13-23(2)30(28,29)19-8-9-20-18(17-19)12-16-25(20)22(27)11-10-21(26)24-14-6-5-7-15-24/h8-9,17H,3-7,10-16H2,1-2H3. The molecular formula is C22H33N3O4S. The lowest BCUT2D eigenvalue weighted by molar-refractivity contribution is -0.133. The Morgan fingerprint density at radius 2 is 1.73 bits per heavy atom. The first-order valence-corrected chi connectivity index (χ1v) is 12.5. The summed E-state index contributed by atoms with van der Waals surface area (Å²) in [4.78, 5) is 28.9. The number of carbonyl (C=O) groups is 2. The Balaban J connectivity index is 1.63. The van der Waals surface area contributed by atoms with Gasteiger partial charge in [0.2, 0.25) is 21.8 Å². The summed E-state index contributed by atoms with van der Waals surface area (Å²) in [5.74, 6) is -0.0196. The molecule has 0 bridgehead atoms. The van der Waals surface area contributed by atoms with E-state index in [0.717, 1.165) is 50.0 Å². The number of unbranched alkanes of at least 4 members (excludes halogenated alkanes) is 1. The number of fused-ring (bicyclic) bond motifs is 1. The van der Waals surface area contributed by atoms with Crippen molar-refractivity contribution in [2.45, 2.75) is 63.2 Å².